The molecule has 0 spiro atoms. The Labute approximate surface area is 105 Å². The Bertz CT molecular complexity index is 398. The molecular weight excluding hydrogens is 241 g/mol. The van der Waals surface area contributed by atoms with Gasteiger partial charge in [-0.2, -0.15) is 5.48 Å². The highest BCUT2D eigenvalue weighted by atomic mass is 19.1. The van der Waals surface area contributed by atoms with Crippen LogP contribution < -0.4 is 5.48 Å². The fourth-order valence-corrected chi connectivity index (χ4v) is 1.28. The molecule has 1 N–H and O–H groups in total. The molecule has 0 aliphatic heterocycles. The van der Waals surface area contributed by atoms with E-state index < -0.39 is 11.8 Å². The van der Waals surface area contributed by atoms with E-state index in [1.165, 1.54) is 19.2 Å². The Kier molecular flexibility index (Phi) is 6.27. The van der Waals surface area contributed by atoms with Crippen molar-refractivity contribution in [3.63, 3.8) is 0 Å². The number of methoxy groups -OCH3 is 2. The summed E-state index contributed by atoms with van der Waals surface area (Å²) in [5.74, 6) is -1.30. The first-order chi connectivity index (χ1) is 8.69. The maximum atomic E-state index is 13.5. The molecule has 0 aliphatic carbocycles. The zero-order chi connectivity index (χ0) is 13.4. The summed E-state index contributed by atoms with van der Waals surface area (Å²) >= 11 is 0. The molecule has 0 heterocycles. The zero-order valence-electron chi connectivity index (χ0n) is 10.4. The lowest BCUT2D eigenvalue weighted by molar-refractivity contribution is 0.00343. The Morgan fingerprint density at radius 2 is 2.11 bits per heavy atom. The number of carbonyl (C=O) groups is 1. The number of halogens is 1. The van der Waals surface area contributed by atoms with Crippen molar-refractivity contribution >= 4 is 5.97 Å². The van der Waals surface area contributed by atoms with Crippen LogP contribution in [0.15, 0.2) is 18.2 Å². The molecule has 1 rings (SSSR count). The van der Waals surface area contributed by atoms with Crippen molar-refractivity contribution in [1.82, 2.24) is 5.48 Å². The summed E-state index contributed by atoms with van der Waals surface area (Å²) in [7, 11) is 2.78. The van der Waals surface area contributed by atoms with Crippen LogP contribution in [-0.2, 0) is 20.9 Å². The zero-order valence-corrected chi connectivity index (χ0v) is 10.4. The number of ether oxygens (including phenoxy) is 2. The van der Waals surface area contributed by atoms with Gasteiger partial charge in [0.05, 0.1) is 25.9 Å². The summed E-state index contributed by atoms with van der Waals surface area (Å²) < 4.78 is 22.8. The van der Waals surface area contributed by atoms with E-state index in [9.17, 15) is 9.18 Å². The van der Waals surface area contributed by atoms with Gasteiger partial charge < -0.3 is 9.47 Å². The number of esters is 1. The number of hydrogen-bond acceptors (Lipinski definition) is 5. The van der Waals surface area contributed by atoms with Crippen LogP contribution in [0.4, 0.5) is 4.39 Å². The maximum absolute atomic E-state index is 13.5. The van der Waals surface area contributed by atoms with Gasteiger partial charge in [0.2, 0.25) is 0 Å². The van der Waals surface area contributed by atoms with Crippen LogP contribution in [0.3, 0.4) is 0 Å². The monoisotopic (exact) mass is 257 g/mol. The number of rotatable bonds is 7. The predicted octanol–water partition coefficient (Wildman–Crippen LogP) is 1.28. The molecule has 0 saturated heterocycles. The van der Waals surface area contributed by atoms with E-state index in [1.54, 1.807) is 13.2 Å². The van der Waals surface area contributed by atoms with Crippen LogP contribution in [0.2, 0.25) is 0 Å². The molecule has 6 heteroatoms. The van der Waals surface area contributed by atoms with Crippen molar-refractivity contribution in [3.05, 3.63) is 35.1 Å². The summed E-state index contributed by atoms with van der Waals surface area (Å²) in [5.41, 5.74) is 3.25. The van der Waals surface area contributed by atoms with Crippen LogP contribution in [-0.4, -0.2) is 33.4 Å². The Morgan fingerprint density at radius 1 is 1.33 bits per heavy atom. The van der Waals surface area contributed by atoms with Gasteiger partial charge in [0.15, 0.2) is 0 Å². The summed E-state index contributed by atoms with van der Waals surface area (Å²) in [6.45, 7) is 1.21. The highest BCUT2D eigenvalue weighted by Crippen LogP contribution is 2.11. The number of hydrogen-bond donors (Lipinski definition) is 1. The third kappa shape index (κ3) is 4.40. The van der Waals surface area contributed by atoms with Gasteiger partial charge in [0.1, 0.15) is 5.82 Å². The summed E-state index contributed by atoms with van der Waals surface area (Å²) in [4.78, 5) is 16.2. The first kappa shape index (κ1) is 14.6. The van der Waals surface area contributed by atoms with Gasteiger partial charge in [-0.1, -0.05) is 6.07 Å². The van der Waals surface area contributed by atoms with Crippen LogP contribution in [0.5, 0.6) is 0 Å². The second kappa shape index (κ2) is 7.75. The van der Waals surface area contributed by atoms with Crippen molar-refractivity contribution in [2.24, 2.45) is 0 Å². The van der Waals surface area contributed by atoms with Gasteiger partial charge in [-0.05, 0) is 17.7 Å². The average Bonchev–Trinajstić information content (AvgIpc) is 2.38. The van der Waals surface area contributed by atoms with Crippen molar-refractivity contribution in [3.8, 4) is 0 Å². The third-order valence-electron chi connectivity index (χ3n) is 2.21. The summed E-state index contributed by atoms with van der Waals surface area (Å²) in [6, 6.07) is 4.27. The molecule has 0 amide bonds. The minimum absolute atomic E-state index is 0.0819. The average molecular weight is 257 g/mol. The number of hydroxylamine groups is 1. The topological polar surface area (TPSA) is 56.8 Å². The standard InChI is InChI=1S/C12H16FNO4/c1-16-5-6-18-14-8-9-3-4-10(11(13)7-9)12(15)17-2/h3-4,7,14H,5-6,8H2,1-2H3. The minimum Gasteiger partial charge on any atom is -0.465 e. The summed E-state index contributed by atoms with van der Waals surface area (Å²) in [6.07, 6.45) is 0. The second-order valence-corrected chi connectivity index (χ2v) is 3.47. The van der Waals surface area contributed by atoms with Crippen molar-refractivity contribution < 1.29 is 23.5 Å². The van der Waals surface area contributed by atoms with E-state index in [4.69, 9.17) is 9.57 Å². The van der Waals surface area contributed by atoms with E-state index in [0.717, 1.165) is 0 Å². The van der Waals surface area contributed by atoms with Gasteiger partial charge in [-0.3, -0.25) is 4.84 Å². The van der Waals surface area contributed by atoms with E-state index >= 15 is 0 Å². The Balaban J connectivity index is 2.49. The van der Waals surface area contributed by atoms with Gasteiger partial charge in [0, 0.05) is 13.7 Å². The lowest BCUT2D eigenvalue weighted by Gasteiger charge is -2.07. The smallest absolute Gasteiger partial charge is 0.340 e. The molecule has 0 aliphatic rings. The minimum atomic E-state index is -0.691. The first-order valence-corrected chi connectivity index (χ1v) is 5.39. The lowest BCUT2D eigenvalue weighted by atomic mass is 10.1. The molecule has 1 aromatic carbocycles. The third-order valence-corrected chi connectivity index (χ3v) is 2.21. The van der Waals surface area contributed by atoms with E-state index in [1.807, 2.05) is 0 Å². The van der Waals surface area contributed by atoms with Crippen molar-refractivity contribution in [2.45, 2.75) is 6.54 Å². The second-order valence-electron chi connectivity index (χ2n) is 3.47. The molecule has 0 aromatic heterocycles. The molecule has 0 bridgehead atoms. The Hall–Kier alpha value is -1.50. The fourth-order valence-electron chi connectivity index (χ4n) is 1.28. The van der Waals surface area contributed by atoms with Crippen LogP contribution in [0.25, 0.3) is 0 Å². The van der Waals surface area contributed by atoms with Crippen molar-refractivity contribution in [1.29, 1.82) is 0 Å². The number of carbonyl (C=O) groups excluding carboxylic acids is 1. The quantitative estimate of drug-likeness (QED) is 0.453. The van der Waals surface area contributed by atoms with Gasteiger partial charge >= 0.3 is 5.97 Å². The van der Waals surface area contributed by atoms with Gasteiger partial charge in [-0.25, -0.2) is 9.18 Å². The number of benzene rings is 1. The molecule has 0 saturated carbocycles. The van der Waals surface area contributed by atoms with Crippen molar-refractivity contribution in [2.75, 3.05) is 27.4 Å². The lowest BCUT2D eigenvalue weighted by Crippen LogP contribution is -2.17. The highest BCUT2D eigenvalue weighted by Gasteiger charge is 2.11. The predicted molar refractivity (Wildman–Crippen MR) is 62.4 cm³/mol. The molecule has 0 fully saturated rings. The SMILES string of the molecule is COCCONCc1ccc(C(=O)OC)c(F)c1. The molecule has 0 atom stereocenters. The van der Waals surface area contributed by atoms with E-state index in [2.05, 4.69) is 10.2 Å². The van der Waals surface area contributed by atoms with E-state index in [0.29, 0.717) is 25.3 Å². The number of nitrogens with one attached hydrogen (secondary N) is 1. The molecule has 1 aromatic rings. The molecule has 0 radical (unpaired) electrons. The van der Waals surface area contributed by atoms with Crippen LogP contribution in [0, 0.1) is 5.82 Å². The highest BCUT2D eigenvalue weighted by molar-refractivity contribution is 5.89. The maximum Gasteiger partial charge on any atom is 0.340 e. The summed E-state index contributed by atoms with van der Waals surface area (Å²) in [5, 5.41) is 0. The molecule has 5 nitrogen and oxygen atoms in total. The van der Waals surface area contributed by atoms with Gasteiger partial charge in [0.25, 0.3) is 0 Å². The molecule has 18 heavy (non-hydrogen) atoms. The largest absolute Gasteiger partial charge is 0.465 e. The van der Waals surface area contributed by atoms with Crippen LogP contribution in [0.1, 0.15) is 15.9 Å². The first-order valence-electron chi connectivity index (χ1n) is 5.39. The molecule has 100 valence electrons. The normalized spacial score (nSPS) is 10.4. The fraction of sp³-hybridized carbons (Fsp3) is 0.417. The molecular formula is C12H16FNO4. The molecule has 0 unspecified atom stereocenters. The van der Waals surface area contributed by atoms with Gasteiger partial charge in [-0.15, -0.1) is 0 Å². The van der Waals surface area contributed by atoms with Crippen LogP contribution >= 0.6 is 0 Å². The van der Waals surface area contributed by atoms with E-state index in [-0.39, 0.29) is 5.56 Å². The Morgan fingerprint density at radius 3 is 2.72 bits per heavy atom.